The van der Waals surface area contributed by atoms with Gasteiger partial charge in [-0.3, -0.25) is 19.2 Å². The third-order valence-corrected chi connectivity index (χ3v) is 13.6. The summed E-state index contributed by atoms with van der Waals surface area (Å²) in [5.74, 6) is -0.984. The summed E-state index contributed by atoms with van der Waals surface area (Å²) in [6.45, 7) is 2.14. The summed E-state index contributed by atoms with van der Waals surface area (Å²) >= 11 is 0. The van der Waals surface area contributed by atoms with Gasteiger partial charge in [-0.2, -0.15) is 0 Å². The van der Waals surface area contributed by atoms with Crippen molar-refractivity contribution in [1.29, 1.82) is 0 Å². The number of nitrogens with one attached hydrogen (secondary N) is 4. The number of nitrogens with zero attached hydrogens (tertiary/aromatic N) is 5. The highest BCUT2D eigenvalue weighted by atomic mass is 19.1. The number of piperidine rings is 1. The number of likely N-dealkylation sites (tertiary alicyclic amines) is 1. The number of hydrogen-bond acceptors (Lipinski definition) is 8. The zero-order valence-electron chi connectivity index (χ0n) is 36.1. The Morgan fingerprint density at radius 3 is 1.80 bits per heavy atom. The molecule has 4 unspecified atom stereocenters. The number of anilines is 1. The number of aromatic nitrogens is 4. The molecule has 65 heavy (non-hydrogen) atoms. The van der Waals surface area contributed by atoms with Gasteiger partial charge in [-0.1, -0.05) is 60.7 Å². The number of rotatable bonds is 13. The summed E-state index contributed by atoms with van der Waals surface area (Å²) in [4.78, 5) is 75.3. The first-order valence-electron chi connectivity index (χ1n) is 22.9. The summed E-state index contributed by atoms with van der Waals surface area (Å²) in [5, 5.41) is 5.99. The third kappa shape index (κ3) is 9.00. The van der Waals surface area contributed by atoms with Crippen LogP contribution in [0.5, 0.6) is 0 Å². The Balaban J connectivity index is 0.790. The molecule has 10 rings (SSSR count). The van der Waals surface area contributed by atoms with E-state index in [1.165, 1.54) is 18.3 Å². The molecule has 5 heterocycles. The number of amides is 4. The maximum Gasteiger partial charge on any atom is 0.250 e. The van der Waals surface area contributed by atoms with E-state index >= 15 is 8.78 Å². The SMILES string of the molecule is O=C(NC(C(=O)N1CCOCC1c1ncc(-c2cc(F)c(N3CCC(c4cnc(C5CCCN5C(=O)C(NC(=O)C5CC5)c5ccccc5)[nH]4)CC3)c(F)c2)[nH]1)c1ccccc1)C1CC1. The van der Waals surface area contributed by atoms with Gasteiger partial charge in [0.15, 0.2) is 0 Å². The molecule has 0 bridgehead atoms. The van der Waals surface area contributed by atoms with Crippen molar-refractivity contribution in [2.45, 2.75) is 81.5 Å². The Morgan fingerprint density at radius 1 is 0.662 bits per heavy atom. The van der Waals surface area contributed by atoms with E-state index in [-0.39, 0.29) is 71.8 Å². The molecule has 2 aromatic heterocycles. The quantitative estimate of drug-likeness (QED) is 0.103. The molecule has 5 aromatic rings. The van der Waals surface area contributed by atoms with E-state index in [1.807, 2.05) is 71.8 Å². The number of imidazole rings is 2. The molecule has 16 heteroatoms. The lowest BCUT2D eigenvalue weighted by Gasteiger charge is -2.37. The number of halogens is 2. The number of carbonyl (C=O) groups excluding carboxylic acids is 4. The Labute approximate surface area is 375 Å². The fraction of sp³-hybridized carbons (Fsp3) is 0.429. The standard InChI is InChI=1S/C49H53F2N9O5/c50-35-24-34(38-27-53-45(55-38)40-28-65-23-22-60(40)49(64)42(31-10-5-2-6-11-31)57-47(62)33-15-16-33)25-36(51)43(35)58-20-17-29(18-21-58)37-26-52-44(54-37)39-12-7-19-59(39)48(63)41(30-8-3-1-4-9-30)56-46(61)32-13-14-32/h1-6,8-11,24-27,29,32-33,39-42H,7,12-23,28H2,(H,52,54)(H,53,55)(H,56,61)(H,57,62). The fourth-order valence-electron chi connectivity index (χ4n) is 9.64. The molecule has 5 aliphatic rings. The van der Waals surface area contributed by atoms with Crippen LogP contribution in [0.15, 0.2) is 85.2 Å². The highest BCUT2D eigenvalue weighted by Gasteiger charge is 2.41. The van der Waals surface area contributed by atoms with Crippen LogP contribution in [0.3, 0.4) is 0 Å². The molecule has 14 nitrogen and oxygen atoms in total. The van der Waals surface area contributed by atoms with Crippen LogP contribution in [0.1, 0.15) is 110 Å². The Hall–Kier alpha value is -6.42. The van der Waals surface area contributed by atoms with Gasteiger partial charge in [-0.15, -0.1) is 0 Å². The number of H-pyrrole nitrogens is 2. The zero-order valence-corrected chi connectivity index (χ0v) is 36.1. The van der Waals surface area contributed by atoms with E-state index in [1.54, 1.807) is 9.80 Å². The van der Waals surface area contributed by atoms with Gasteiger partial charge in [-0.05, 0) is 74.6 Å². The maximum atomic E-state index is 16.0. The lowest BCUT2D eigenvalue weighted by atomic mass is 9.93. The van der Waals surface area contributed by atoms with E-state index in [2.05, 4.69) is 25.6 Å². The minimum Gasteiger partial charge on any atom is -0.377 e. The number of ether oxygens (including phenoxy) is 1. The molecule has 3 aromatic carbocycles. The topological polar surface area (TPSA) is 169 Å². The van der Waals surface area contributed by atoms with Crippen LogP contribution < -0.4 is 15.5 Å². The Kier molecular flexibility index (Phi) is 11.9. The second-order valence-electron chi connectivity index (χ2n) is 18.0. The lowest BCUT2D eigenvalue weighted by molar-refractivity contribution is -0.145. The summed E-state index contributed by atoms with van der Waals surface area (Å²) in [6, 6.07) is 18.6. The van der Waals surface area contributed by atoms with E-state index in [4.69, 9.17) is 9.72 Å². The molecule has 4 N–H and O–H groups in total. The van der Waals surface area contributed by atoms with Crippen molar-refractivity contribution < 1.29 is 32.7 Å². The molecule has 0 spiro atoms. The lowest BCUT2D eigenvalue weighted by Crippen LogP contribution is -2.49. The average Bonchev–Trinajstić information content (AvgIpc) is 4.21. The molecular formula is C49H53F2N9O5. The van der Waals surface area contributed by atoms with E-state index < -0.39 is 29.8 Å². The summed E-state index contributed by atoms with van der Waals surface area (Å²) in [5.41, 5.74) is 2.92. The highest BCUT2D eigenvalue weighted by molar-refractivity contribution is 5.91. The molecule has 2 aliphatic carbocycles. The third-order valence-electron chi connectivity index (χ3n) is 13.6. The predicted octanol–water partition coefficient (Wildman–Crippen LogP) is 6.56. The molecular weight excluding hydrogens is 833 g/mol. The molecule has 4 amide bonds. The number of morpholine rings is 1. The van der Waals surface area contributed by atoms with Crippen molar-refractivity contribution >= 4 is 29.3 Å². The zero-order chi connectivity index (χ0) is 44.6. The van der Waals surface area contributed by atoms with Crippen LogP contribution in [0, 0.1) is 23.5 Å². The van der Waals surface area contributed by atoms with Crippen molar-refractivity contribution in [3.63, 3.8) is 0 Å². The van der Waals surface area contributed by atoms with Crippen LogP contribution in [0.4, 0.5) is 14.5 Å². The van der Waals surface area contributed by atoms with Crippen LogP contribution in [0.25, 0.3) is 11.3 Å². The predicted molar refractivity (Wildman–Crippen MR) is 236 cm³/mol. The van der Waals surface area contributed by atoms with Gasteiger partial charge in [-0.25, -0.2) is 18.7 Å². The molecule has 3 aliphatic heterocycles. The van der Waals surface area contributed by atoms with Crippen molar-refractivity contribution in [2.24, 2.45) is 11.8 Å². The average molecular weight is 886 g/mol. The van der Waals surface area contributed by atoms with Gasteiger partial charge >= 0.3 is 0 Å². The second kappa shape index (κ2) is 18.2. The monoisotopic (exact) mass is 885 g/mol. The Morgan fingerprint density at radius 2 is 1.22 bits per heavy atom. The minimum absolute atomic E-state index is 0.0324. The summed E-state index contributed by atoms with van der Waals surface area (Å²) in [6.07, 6.45) is 9.44. The largest absolute Gasteiger partial charge is 0.377 e. The summed E-state index contributed by atoms with van der Waals surface area (Å²) < 4.78 is 37.8. The van der Waals surface area contributed by atoms with Crippen molar-refractivity contribution in [2.75, 3.05) is 44.3 Å². The van der Waals surface area contributed by atoms with E-state index in [0.29, 0.717) is 62.0 Å². The number of aromatic amines is 2. The normalized spacial score (nSPS) is 21.2. The molecule has 5 fully saturated rings. The fourth-order valence-corrected chi connectivity index (χ4v) is 9.64. The molecule has 2 saturated carbocycles. The molecule has 3 saturated heterocycles. The van der Waals surface area contributed by atoms with Gasteiger partial charge < -0.3 is 40.0 Å². The smallest absolute Gasteiger partial charge is 0.250 e. The first-order valence-corrected chi connectivity index (χ1v) is 22.9. The van der Waals surface area contributed by atoms with Crippen molar-refractivity contribution in [3.05, 3.63) is 125 Å². The van der Waals surface area contributed by atoms with E-state index in [0.717, 1.165) is 49.8 Å². The van der Waals surface area contributed by atoms with Gasteiger partial charge in [0.2, 0.25) is 17.7 Å². The molecule has 338 valence electrons. The van der Waals surface area contributed by atoms with Gasteiger partial charge in [0.1, 0.15) is 47.1 Å². The second-order valence-corrected chi connectivity index (χ2v) is 18.0. The van der Waals surface area contributed by atoms with Crippen LogP contribution in [0.2, 0.25) is 0 Å². The maximum absolute atomic E-state index is 16.0. The Bertz CT molecular complexity index is 2510. The number of benzene rings is 3. The van der Waals surface area contributed by atoms with Gasteiger partial charge in [0.05, 0.1) is 31.1 Å². The van der Waals surface area contributed by atoms with Crippen molar-refractivity contribution in [3.8, 4) is 11.3 Å². The van der Waals surface area contributed by atoms with Gasteiger partial charge in [0.25, 0.3) is 5.91 Å². The summed E-state index contributed by atoms with van der Waals surface area (Å²) in [7, 11) is 0. The van der Waals surface area contributed by atoms with Gasteiger partial charge in [0, 0.05) is 61.4 Å². The highest BCUT2D eigenvalue weighted by Crippen LogP contribution is 2.39. The van der Waals surface area contributed by atoms with E-state index in [9.17, 15) is 19.2 Å². The first kappa shape index (κ1) is 42.5. The van der Waals surface area contributed by atoms with Crippen LogP contribution in [-0.4, -0.2) is 92.8 Å². The van der Waals surface area contributed by atoms with Crippen LogP contribution in [-0.2, 0) is 23.9 Å². The minimum atomic E-state index is -0.885. The van der Waals surface area contributed by atoms with Crippen LogP contribution >= 0.6 is 0 Å². The molecule has 4 atom stereocenters. The number of hydrogen-bond donors (Lipinski definition) is 4. The number of carbonyl (C=O) groups is 4. The first-order chi connectivity index (χ1) is 31.7. The van der Waals surface area contributed by atoms with Crippen molar-refractivity contribution in [1.82, 2.24) is 40.4 Å². The molecule has 0 radical (unpaired) electrons.